The molecule has 0 N–H and O–H groups in total. The molecule has 0 amide bonds. The van der Waals surface area contributed by atoms with Gasteiger partial charge in [-0.3, -0.25) is 0 Å². The molecule has 0 aliphatic carbocycles. The van der Waals surface area contributed by atoms with Gasteiger partial charge in [-0.1, -0.05) is 24.3 Å². The van der Waals surface area contributed by atoms with Gasteiger partial charge in [0, 0.05) is 14.1 Å². The van der Waals surface area contributed by atoms with Crippen LogP contribution in [0.4, 0.5) is 0 Å². The fourth-order valence-electron chi connectivity index (χ4n) is 1.96. The van der Waals surface area contributed by atoms with Gasteiger partial charge in [-0.25, -0.2) is 12.7 Å². The Labute approximate surface area is 126 Å². The highest BCUT2D eigenvalue weighted by Gasteiger charge is 2.17. The van der Waals surface area contributed by atoms with Crippen molar-refractivity contribution in [1.29, 1.82) is 0 Å². The first-order chi connectivity index (χ1) is 9.95. The van der Waals surface area contributed by atoms with Gasteiger partial charge in [0.05, 0.1) is 11.5 Å². The van der Waals surface area contributed by atoms with E-state index in [1.165, 1.54) is 18.4 Å². The van der Waals surface area contributed by atoms with Crippen LogP contribution in [0.2, 0.25) is 0 Å². The zero-order valence-electron chi connectivity index (χ0n) is 12.4. The second-order valence-corrected chi connectivity index (χ2v) is 6.92. The SMILES string of the molecule is CCOc1ccc(-c2cccc(S(=O)(=O)N(C)C)c2)cc1. The minimum absolute atomic E-state index is 0.291. The van der Waals surface area contributed by atoms with Gasteiger partial charge in [0.15, 0.2) is 0 Å². The van der Waals surface area contributed by atoms with Crippen LogP contribution < -0.4 is 4.74 Å². The second-order valence-electron chi connectivity index (χ2n) is 4.77. The molecule has 2 aromatic carbocycles. The molecule has 112 valence electrons. The van der Waals surface area contributed by atoms with Gasteiger partial charge in [-0.05, 0) is 42.3 Å². The van der Waals surface area contributed by atoms with Crippen LogP contribution in [-0.2, 0) is 10.0 Å². The van der Waals surface area contributed by atoms with Crippen molar-refractivity contribution in [3.63, 3.8) is 0 Å². The van der Waals surface area contributed by atoms with Crippen molar-refractivity contribution in [2.24, 2.45) is 0 Å². The van der Waals surface area contributed by atoms with Crippen LogP contribution in [0.3, 0.4) is 0 Å². The first kappa shape index (κ1) is 15.5. The van der Waals surface area contributed by atoms with Crippen molar-refractivity contribution in [2.45, 2.75) is 11.8 Å². The summed E-state index contributed by atoms with van der Waals surface area (Å²) in [6.07, 6.45) is 0. The zero-order valence-corrected chi connectivity index (χ0v) is 13.2. The smallest absolute Gasteiger partial charge is 0.242 e. The third-order valence-corrected chi connectivity index (χ3v) is 4.92. The molecule has 2 rings (SSSR count). The van der Waals surface area contributed by atoms with E-state index >= 15 is 0 Å². The van der Waals surface area contributed by atoms with Crippen LogP contribution in [0, 0.1) is 0 Å². The van der Waals surface area contributed by atoms with Crippen LogP contribution in [0.15, 0.2) is 53.4 Å². The van der Waals surface area contributed by atoms with Crippen molar-refractivity contribution >= 4 is 10.0 Å². The van der Waals surface area contributed by atoms with Gasteiger partial charge in [-0.2, -0.15) is 0 Å². The number of benzene rings is 2. The summed E-state index contributed by atoms with van der Waals surface area (Å²) in [5.74, 6) is 0.804. The molecule has 0 radical (unpaired) electrons. The fraction of sp³-hybridized carbons (Fsp3) is 0.250. The Kier molecular flexibility index (Phi) is 4.65. The fourth-order valence-corrected chi connectivity index (χ4v) is 2.91. The molecular formula is C16H19NO3S. The topological polar surface area (TPSA) is 46.6 Å². The first-order valence-corrected chi connectivity index (χ1v) is 8.15. The third kappa shape index (κ3) is 3.43. The van der Waals surface area contributed by atoms with Crippen molar-refractivity contribution in [2.75, 3.05) is 20.7 Å². The lowest BCUT2D eigenvalue weighted by atomic mass is 10.1. The average Bonchev–Trinajstić information content (AvgIpc) is 2.48. The van der Waals surface area contributed by atoms with E-state index in [0.29, 0.717) is 11.5 Å². The van der Waals surface area contributed by atoms with E-state index in [4.69, 9.17) is 4.74 Å². The number of nitrogens with zero attached hydrogens (tertiary/aromatic N) is 1. The Hall–Kier alpha value is -1.85. The summed E-state index contributed by atoms with van der Waals surface area (Å²) in [6, 6.07) is 14.5. The lowest BCUT2D eigenvalue weighted by molar-refractivity contribution is 0.340. The lowest BCUT2D eigenvalue weighted by Gasteiger charge is -2.12. The summed E-state index contributed by atoms with van der Waals surface area (Å²) in [5.41, 5.74) is 1.82. The molecule has 0 spiro atoms. The van der Waals surface area contributed by atoms with Gasteiger partial charge < -0.3 is 4.74 Å². The summed E-state index contributed by atoms with van der Waals surface area (Å²) in [6.45, 7) is 2.55. The Morgan fingerprint density at radius 2 is 1.67 bits per heavy atom. The molecule has 0 fully saturated rings. The Bertz CT molecular complexity index is 707. The van der Waals surface area contributed by atoms with Crippen LogP contribution >= 0.6 is 0 Å². The number of hydrogen-bond donors (Lipinski definition) is 0. The molecule has 0 saturated carbocycles. The summed E-state index contributed by atoms with van der Waals surface area (Å²) in [4.78, 5) is 0.291. The van der Waals surface area contributed by atoms with Crippen molar-refractivity contribution in [1.82, 2.24) is 4.31 Å². The zero-order chi connectivity index (χ0) is 15.5. The molecule has 0 atom stereocenters. The predicted octanol–water partition coefficient (Wildman–Crippen LogP) is 3.00. The minimum atomic E-state index is -3.42. The normalized spacial score (nSPS) is 11.6. The summed E-state index contributed by atoms with van der Waals surface area (Å²) in [7, 11) is -0.362. The van der Waals surface area contributed by atoms with Crippen molar-refractivity contribution < 1.29 is 13.2 Å². The maximum absolute atomic E-state index is 12.2. The van der Waals surface area contributed by atoms with E-state index in [1.54, 1.807) is 18.2 Å². The van der Waals surface area contributed by atoms with Gasteiger partial charge in [0.1, 0.15) is 5.75 Å². The molecular weight excluding hydrogens is 286 g/mol. The van der Waals surface area contributed by atoms with Crippen molar-refractivity contribution in [3.05, 3.63) is 48.5 Å². The number of ether oxygens (including phenoxy) is 1. The molecule has 0 aliphatic rings. The third-order valence-electron chi connectivity index (χ3n) is 3.11. The largest absolute Gasteiger partial charge is 0.494 e. The van der Waals surface area contributed by atoms with Gasteiger partial charge in [0.25, 0.3) is 0 Å². The first-order valence-electron chi connectivity index (χ1n) is 6.71. The predicted molar refractivity (Wildman–Crippen MR) is 83.9 cm³/mol. The number of rotatable bonds is 5. The van der Waals surface area contributed by atoms with Crippen LogP contribution in [0.1, 0.15) is 6.92 Å². The van der Waals surface area contributed by atoms with Crippen LogP contribution in [0.5, 0.6) is 5.75 Å². The quantitative estimate of drug-likeness (QED) is 0.853. The van der Waals surface area contributed by atoms with Gasteiger partial charge >= 0.3 is 0 Å². The van der Waals surface area contributed by atoms with Crippen LogP contribution in [-0.4, -0.2) is 33.4 Å². The average molecular weight is 305 g/mol. The second kappa shape index (κ2) is 6.28. The standard InChI is InChI=1S/C16H19NO3S/c1-4-20-15-10-8-13(9-11-15)14-6-5-7-16(12-14)21(18,19)17(2)3/h5-12H,4H2,1-3H3. The van der Waals surface area contributed by atoms with Crippen LogP contribution in [0.25, 0.3) is 11.1 Å². The molecule has 0 aromatic heterocycles. The summed E-state index contributed by atoms with van der Waals surface area (Å²) < 4.78 is 30.9. The highest BCUT2D eigenvalue weighted by atomic mass is 32.2. The number of hydrogen-bond acceptors (Lipinski definition) is 3. The molecule has 0 saturated heterocycles. The van der Waals surface area contributed by atoms with Gasteiger partial charge in [-0.15, -0.1) is 0 Å². The highest BCUT2D eigenvalue weighted by molar-refractivity contribution is 7.89. The Morgan fingerprint density at radius 1 is 1.00 bits per heavy atom. The Morgan fingerprint density at radius 3 is 2.24 bits per heavy atom. The van der Waals surface area contributed by atoms with E-state index in [1.807, 2.05) is 37.3 Å². The minimum Gasteiger partial charge on any atom is -0.494 e. The van der Waals surface area contributed by atoms with Crippen molar-refractivity contribution in [3.8, 4) is 16.9 Å². The summed E-state index contributed by atoms with van der Waals surface area (Å²) in [5, 5.41) is 0. The molecule has 2 aromatic rings. The molecule has 4 nitrogen and oxygen atoms in total. The maximum Gasteiger partial charge on any atom is 0.242 e. The molecule has 0 heterocycles. The molecule has 0 bridgehead atoms. The summed E-state index contributed by atoms with van der Waals surface area (Å²) >= 11 is 0. The van der Waals surface area contributed by atoms with E-state index in [-0.39, 0.29) is 0 Å². The molecule has 5 heteroatoms. The van der Waals surface area contributed by atoms with E-state index in [9.17, 15) is 8.42 Å². The lowest BCUT2D eigenvalue weighted by Crippen LogP contribution is -2.22. The van der Waals surface area contributed by atoms with E-state index < -0.39 is 10.0 Å². The molecule has 0 unspecified atom stereocenters. The molecule has 21 heavy (non-hydrogen) atoms. The Balaban J connectivity index is 2.37. The highest BCUT2D eigenvalue weighted by Crippen LogP contribution is 2.25. The van der Waals surface area contributed by atoms with E-state index in [0.717, 1.165) is 16.9 Å². The monoisotopic (exact) mass is 305 g/mol. The molecule has 0 aliphatic heterocycles. The maximum atomic E-state index is 12.2. The number of sulfonamides is 1. The van der Waals surface area contributed by atoms with E-state index in [2.05, 4.69) is 0 Å². The van der Waals surface area contributed by atoms with Gasteiger partial charge in [0.2, 0.25) is 10.0 Å².